The molecular formula is C24H30N4O. The number of fused-ring (bicyclic) bond motifs is 1. The van der Waals surface area contributed by atoms with Gasteiger partial charge in [-0.25, -0.2) is 9.97 Å². The van der Waals surface area contributed by atoms with Gasteiger partial charge in [0.2, 0.25) is 5.91 Å². The van der Waals surface area contributed by atoms with Gasteiger partial charge in [-0.1, -0.05) is 51.1 Å². The molecule has 0 N–H and O–H groups in total. The number of anilines is 1. The molecule has 152 valence electrons. The number of hydrogen-bond donors (Lipinski definition) is 0. The van der Waals surface area contributed by atoms with Crippen LogP contribution in [0, 0.1) is 11.8 Å². The number of amides is 1. The van der Waals surface area contributed by atoms with Crippen LogP contribution in [0.2, 0.25) is 0 Å². The summed E-state index contributed by atoms with van der Waals surface area (Å²) < 4.78 is 0. The molecule has 3 heterocycles. The molecule has 29 heavy (non-hydrogen) atoms. The Hall–Kier alpha value is -2.43. The molecule has 2 unspecified atom stereocenters. The monoisotopic (exact) mass is 390 g/mol. The van der Waals surface area contributed by atoms with E-state index in [1.54, 1.807) is 6.33 Å². The van der Waals surface area contributed by atoms with Crippen molar-refractivity contribution in [3.8, 4) is 0 Å². The number of carbonyl (C=O) groups is 1. The standard InChI is InChI=1S/C24H30N4O/c1-23(2,3)20-11-21(26-16-25-20)27-12-17-14-28(15-18(17)13-27)22(29)24(9-10-24)19-7-5-4-6-8-19/h4-8,11,16-18H,9-10,12-15H2,1-3H3. The van der Waals surface area contributed by atoms with Gasteiger partial charge in [0.1, 0.15) is 12.1 Å². The van der Waals surface area contributed by atoms with Crippen LogP contribution in [0.4, 0.5) is 5.82 Å². The summed E-state index contributed by atoms with van der Waals surface area (Å²) in [6, 6.07) is 12.5. The summed E-state index contributed by atoms with van der Waals surface area (Å²) in [4.78, 5) is 26.9. The van der Waals surface area contributed by atoms with Crippen molar-refractivity contribution in [2.24, 2.45) is 11.8 Å². The maximum absolute atomic E-state index is 13.4. The van der Waals surface area contributed by atoms with Crippen LogP contribution < -0.4 is 4.90 Å². The van der Waals surface area contributed by atoms with Crippen molar-refractivity contribution in [2.75, 3.05) is 31.1 Å². The van der Waals surface area contributed by atoms with Gasteiger partial charge >= 0.3 is 0 Å². The van der Waals surface area contributed by atoms with Crippen LogP contribution in [0.1, 0.15) is 44.9 Å². The van der Waals surface area contributed by atoms with Crippen molar-refractivity contribution in [2.45, 2.75) is 44.4 Å². The molecular weight excluding hydrogens is 360 g/mol. The lowest BCUT2D eigenvalue weighted by molar-refractivity contribution is -0.133. The van der Waals surface area contributed by atoms with Gasteiger partial charge in [0.15, 0.2) is 0 Å². The van der Waals surface area contributed by atoms with E-state index in [-0.39, 0.29) is 10.8 Å². The minimum atomic E-state index is -0.242. The Morgan fingerprint density at radius 3 is 2.24 bits per heavy atom. The molecule has 1 amide bonds. The van der Waals surface area contributed by atoms with Crippen LogP contribution in [0.3, 0.4) is 0 Å². The van der Waals surface area contributed by atoms with E-state index in [1.807, 2.05) is 18.2 Å². The van der Waals surface area contributed by atoms with E-state index in [2.05, 4.69) is 58.7 Å². The molecule has 2 aliphatic heterocycles. The van der Waals surface area contributed by atoms with E-state index in [4.69, 9.17) is 0 Å². The Bertz CT molecular complexity index is 902. The minimum absolute atomic E-state index is 0.0204. The Kier molecular flexibility index (Phi) is 4.19. The molecule has 1 saturated carbocycles. The molecule has 1 aliphatic carbocycles. The maximum atomic E-state index is 13.4. The van der Waals surface area contributed by atoms with Gasteiger partial charge in [-0.05, 0) is 18.4 Å². The fraction of sp³-hybridized carbons (Fsp3) is 0.542. The molecule has 5 nitrogen and oxygen atoms in total. The number of rotatable bonds is 3. The van der Waals surface area contributed by atoms with E-state index in [0.29, 0.717) is 17.7 Å². The fourth-order valence-electron chi connectivity index (χ4n) is 5.09. The second-order valence-corrected chi connectivity index (χ2v) is 10.1. The maximum Gasteiger partial charge on any atom is 0.233 e. The van der Waals surface area contributed by atoms with Gasteiger partial charge in [0, 0.05) is 49.5 Å². The molecule has 2 aromatic rings. The molecule has 0 radical (unpaired) electrons. The van der Waals surface area contributed by atoms with Crippen LogP contribution in [-0.2, 0) is 15.6 Å². The van der Waals surface area contributed by atoms with Crippen LogP contribution in [-0.4, -0.2) is 47.0 Å². The smallest absolute Gasteiger partial charge is 0.233 e. The number of nitrogens with zero attached hydrogens (tertiary/aromatic N) is 4. The zero-order valence-electron chi connectivity index (χ0n) is 17.6. The highest BCUT2D eigenvalue weighted by molar-refractivity contribution is 5.91. The summed E-state index contributed by atoms with van der Waals surface area (Å²) in [5.41, 5.74) is 2.05. The zero-order valence-corrected chi connectivity index (χ0v) is 17.6. The van der Waals surface area contributed by atoms with Gasteiger partial charge in [0.05, 0.1) is 11.1 Å². The van der Waals surface area contributed by atoms with Gasteiger partial charge in [0.25, 0.3) is 0 Å². The molecule has 5 rings (SSSR count). The van der Waals surface area contributed by atoms with E-state index >= 15 is 0 Å². The highest BCUT2D eigenvalue weighted by Crippen LogP contribution is 2.50. The van der Waals surface area contributed by atoms with Crippen molar-refractivity contribution >= 4 is 11.7 Å². The van der Waals surface area contributed by atoms with Crippen molar-refractivity contribution in [3.05, 3.63) is 54.0 Å². The van der Waals surface area contributed by atoms with E-state index < -0.39 is 0 Å². The molecule has 1 aromatic carbocycles. The largest absolute Gasteiger partial charge is 0.356 e. The summed E-state index contributed by atoms with van der Waals surface area (Å²) in [5.74, 6) is 2.46. The Morgan fingerprint density at radius 1 is 1.00 bits per heavy atom. The SMILES string of the molecule is CC(C)(C)c1cc(N2CC3CN(C(=O)C4(c5ccccc5)CC4)CC3C2)ncn1. The summed E-state index contributed by atoms with van der Waals surface area (Å²) in [6.07, 6.45) is 3.67. The molecule has 3 fully saturated rings. The predicted octanol–water partition coefficient (Wildman–Crippen LogP) is 3.40. The van der Waals surface area contributed by atoms with Gasteiger partial charge in [-0.3, -0.25) is 4.79 Å². The van der Waals surface area contributed by atoms with E-state index in [9.17, 15) is 4.79 Å². The highest BCUT2D eigenvalue weighted by atomic mass is 16.2. The topological polar surface area (TPSA) is 49.3 Å². The minimum Gasteiger partial charge on any atom is -0.356 e. The summed E-state index contributed by atoms with van der Waals surface area (Å²) in [5, 5.41) is 0. The zero-order chi connectivity index (χ0) is 20.2. The van der Waals surface area contributed by atoms with Crippen LogP contribution in [0.25, 0.3) is 0 Å². The first-order valence-corrected chi connectivity index (χ1v) is 10.8. The van der Waals surface area contributed by atoms with Gasteiger partial charge < -0.3 is 9.80 Å². The molecule has 1 aromatic heterocycles. The average Bonchev–Trinajstić information content (AvgIpc) is 3.28. The van der Waals surface area contributed by atoms with Crippen molar-refractivity contribution < 1.29 is 4.79 Å². The normalized spacial score (nSPS) is 25.2. The third-order valence-corrected chi connectivity index (χ3v) is 7.00. The second kappa shape index (κ2) is 6.54. The molecule has 0 spiro atoms. The number of hydrogen-bond acceptors (Lipinski definition) is 4. The summed E-state index contributed by atoms with van der Waals surface area (Å²) >= 11 is 0. The first kappa shape index (κ1) is 18.6. The number of likely N-dealkylation sites (tertiary alicyclic amines) is 1. The number of carbonyl (C=O) groups excluding carboxylic acids is 1. The lowest BCUT2D eigenvalue weighted by atomic mass is 9.92. The molecule has 3 aliphatic rings. The van der Waals surface area contributed by atoms with Crippen LogP contribution >= 0.6 is 0 Å². The quantitative estimate of drug-likeness (QED) is 0.806. The summed E-state index contributed by atoms with van der Waals surface area (Å²) in [7, 11) is 0. The van der Waals surface area contributed by atoms with E-state index in [1.165, 1.54) is 5.56 Å². The van der Waals surface area contributed by atoms with Crippen molar-refractivity contribution in [3.63, 3.8) is 0 Å². The first-order valence-electron chi connectivity index (χ1n) is 10.8. The number of benzene rings is 1. The van der Waals surface area contributed by atoms with E-state index in [0.717, 1.165) is 50.5 Å². The van der Waals surface area contributed by atoms with Gasteiger partial charge in [-0.2, -0.15) is 0 Å². The second-order valence-electron chi connectivity index (χ2n) is 10.1. The molecule has 0 bridgehead atoms. The lowest BCUT2D eigenvalue weighted by Crippen LogP contribution is -2.40. The Balaban J connectivity index is 1.27. The third-order valence-electron chi connectivity index (χ3n) is 7.00. The third kappa shape index (κ3) is 3.21. The molecule has 5 heteroatoms. The predicted molar refractivity (Wildman–Crippen MR) is 114 cm³/mol. The van der Waals surface area contributed by atoms with Crippen molar-refractivity contribution in [1.82, 2.24) is 14.9 Å². The van der Waals surface area contributed by atoms with Crippen LogP contribution in [0.5, 0.6) is 0 Å². The molecule has 2 atom stereocenters. The Morgan fingerprint density at radius 2 is 1.66 bits per heavy atom. The fourth-order valence-corrected chi connectivity index (χ4v) is 5.09. The first-order chi connectivity index (χ1) is 13.9. The Labute approximate surface area is 173 Å². The molecule has 2 saturated heterocycles. The van der Waals surface area contributed by atoms with Crippen LogP contribution in [0.15, 0.2) is 42.7 Å². The highest BCUT2D eigenvalue weighted by Gasteiger charge is 2.55. The number of aromatic nitrogens is 2. The van der Waals surface area contributed by atoms with Crippen molar-refractivity contribution in [1.29, 1.82) is 0 Å². The average molecular weight is 391 g/mol. The summed E-state index contributed by atoms with van der Waals surface area (Å²) in [6.45, 7) is 10.3. The van der Waals surface area contributed by atoms with Gasteiger partial charge in [-0.15, -0.1) is 0 Å². The lowest BCUT2D eigenvalue weighted by Gasteiger charge is -2.27.